The maximum Gasteiger partial charge on any atom is 0.305 e. The van der Waals surface area contributed by atoms with Crippen molar-refractivity contribution in [3.05, 3.63) is 0 Å². The van der Waals surface area contributed by atoms with E-state index in [0.29, 0.717) is 91.3 Å². The average molecular weight is 998 g/mol. The van der Waals surface area contributed by atoms with E-state index in [1.807, 2.05) is 0 Å². The Morgan fingerprint density at radius 2 is 0.686 bits per heavy atom. The van der Waals surface area contributed by atoms with E-state index in [1.165, 1.54) is 103 Å². The van der Waals surface area contributed by atoms with Crippen molar-refractivity contribution in [2.75, 3.05) is 78.7 Å². The molecule has 0 aliphatic carbocycles. The molecule has 0 amide bonds. The Labute approximate surface area is 431 Å². The SMILES string of the molecule is CCCCCCCCC(O)CN(CCCC(=O)OCCN1CC(C)N(CCOC(=O)CCCN(CC(O)CCCCCCCC)CC(O)CCCCCCCC)CC1C)CC(O)CCCCCCCC. The maximum absolute atomic E-state index is 12.9. The molecule has 12 nitrogen and oxygen atoms in total. The molecule has 1 rings (SSSR count). The fourth-order valence-corrected chi connectivity index (χ4v) is 10.2. The Morgan fingerprint density at radius 1 is 0.429 bits per heavy atom. The average Bonchev–Trinajstić information content (AvgIpc) is 3.32. The standard InChI is InChI=1S/C58H116N4O8/c1-7-11-15-19-23-27-33-53(63)47-59(48-54(64)34-28-24-20-16-12-8-2)39-31-37-57(67)69-43-41-61-45-52(6)62(46-51(61)5)42-44-70-58(68)38-32-40-60(49-55(65)35-29-25-21-17-13-9-3)50-56(66)36-30-26-22-18-14-10-4/h51-56,63-66H,7-50H2,1-6H3. The summed E-state index contributed by atoms with van der Waals surface area (Å²) in [5.41, 5.74) is 0. The van der Waals surface area contributed by atoms with Crippen molar-refractivity contribution in [2.24, 2.45) is 0 Å². The van der Waals surface area contributed by atoms with Crippen LogP contribution in [0.5, 0.6) is 0 Å². The maximum atomic E-state index is 12.9. The highest BCUT2D eigenvalue weighted by Crippen LogP contribution is 2.18. The van der Waals surface area contributed by atoms with Crippen molar-refractivity contribution in [3.8, 4) is 0 Å². The van der Waals surface area contributed by atoms with Crippen molar-refractivity contribution >= 4 is 11.9 Å². The largest absolute Gasteiger partial charge is 0.464 e. The van der Waals surface area contributed by atoms with Crippen molar-refractivity contribution in [1.82, 2.24) is 19.6 Å². The summed E-state index contributed by atoms with van der Waals surface area (Å²) in [5, 5.41) is 43.6. The molecule has 1 heterocycles. The van der Waals surface area contributed by atoms with Crippen LogP contribution in [0.2, 0.25) is 0 Å². The van der Waals surface area contributed by atoms with E-state index in [-0.39, 0.29) is 24.0 Å². The first kappa shape index (κ1) is 66.6. The molecular weight excluding hydrogens is 881 g/mol. The minimum Gasteiger partial charge on any atom is -0.464 e. The Hall–Kier alpha value is -1.38. The normalized spacial score (nSPS) is 17.6. The first-order chi connectivity index (χ1) is 33.9. The highest BCUT2D eigenvalue weighted by atomic mass is 16.5. The summed E-state index contributed by atoms with van der Waals surface area (Å²) in [4.78, 5) is 34.8. The Kier molecular flexibility index (Phi) is 44.0. The lowest BCUT2D eigenvalue weighted by Crippen LogP contribution is -2.57. The van der Waals surface area contributed by atoms with E-state index in [1.54, 1.807) is 0 Å². The fourth-order valence-electron chi connectivity index (χ4n) is 10.2. The monoisotopic (exact) mass is 997 g/mol. The lowest BCUT2D eigenvalue weighted by atomic mass is 10.1. The van der Waals surface area contributed by atoms with Crippen LogP contribution in [-0.4, -0.2) is 167 Å². The van der Waals surface area contributed by atoms with Crippen LogP contribution in [0.3, 0.4) is 0 Å². The number of ether oxygens (including phenoxy) is 2. The van der Waals surface area contributed by atoms with Gasteiger partial charge in [0.15, 0.2) is 0 Å². The predicted molar refractivity (Wildman–Crippen MR) is 291 cm³/mol. The predicted octanol–water partition coefficient (Wildman–Crippen LogP) is 11.1. The van der Waals surface area contributed by atoms with Crippen LogP contribution in [-0.2, 0) is 19.1 Å². The number of hydrogen-bond donors (Lipinski definition) is 4. The van der Waals surface area contributed by atoms with Crippen LogP contribution in [0.15, 0.2) is 0 Å². The summed E-state index contributed by atoms with van der Waals surface area (Å²) in [5.74, 6) is -0.396. The van der Waals surface area contributed by atoms with Gasteiger partial charge in [-0.15, -0.1) is 0 Å². The molecule has 1 fully saturated rings. The lowest BCUT2D eigenvalue weighted by molar-refractivity contribution is -0.146. The van der Waals surface area contributed by atoms with E-state index in [2.05, 4.69) is 61.1 Å². The third-order valence-corrected chi connectivity index (χ3v) is 14.7. The molecule has 12 heteroatoms. The molecule has 6 unspecified atom stereocenters. The molecule has 0 radical (unpaired) electrons. The van der Waals surface area contributed by atoms with Crippen LogP contribution in [0.4, 0.5) is 0 Å². The zero-order valence-electron chi connectivity index (χ0n) is 46.8. The highest BCUT2D eigenvalue weighted by molar-refractivity contribution is 5.69. The van der Waals surface area contributed by atoms with Gasteiger partial charge in [-0.1, -0.05) is 182 Å². The smallest absolute Gasteiger partial charge is 0.305 e. The molecule has 1 aliphatic rings. The number of aliphatic hydroxyl groups excluding tert-OH is 4. The molecule has 0 saturated carbocycles. The summed E-state index contributed by atoms with van der Waals surface area (Å²) in [7, 11) is 0. The molecule has 1 saturated heterocycles. The van der Waals surface area contributed by atoms with Gasteiger partial charge in [-0.25, -0.2) is 0 Å². The van der Waals surface area contributed by atoms with E-state index in [4.69, 9.17) is 9.47 Å². The Bertz CT molecular complexity index is 1050. The van der Waals surface area contributed by atoms with Gasteiger partial charge in [-0.05, 0) is 65.5 Å². The minimum absolute atomic E-state index is 0.198. The number of nitrogens with zero attached hydrogens (tertiary/aromatic N) is 4. The Balaban J connectivity index is 2.48. The summed E-state index contributed by atoms with van der Waals surface area (Å²) < 4.78 is 11.5. The zero-order valence-corrected chi connectivity index (χ0v) is 46.8. The third-order valence-electron chi connectivity index (χ3n) is 14.7. The van der Waals surface area contributed by atoms with Crippen LogP contribution in [0.1, 0.15) is 247 Å². The third kappa shape index (κ3) is 38.2. The quantitative estimate of drug-likeness (QED) is 0.0340. The second-order valence-electron chi connectivity index (χ2n) is 21.7. The molecule has 1 aliphatic heterocycles. The minimum atomic E-state index is -0.427. The number of carbonyl (C=O) groups excluding carboxylic acids is 2. The van der Waals surface area contributed by atoms with E-state index >= 15 is 0 Å². The van der Waals surface area contributed by atoms with Crippen molar-refractivity contribution < 1.29 is 39.5 Å². The molecule has 416 valence electrons. The molecular formula is C58H116N4O8. The second kappa shape index (κ2) is 46.2. The summed E-state index contributed by atoms with van der Waals surface area (Å²) in [6.07, 6.45) is 31.9. The highest BCUT2D eigenvalue weighted by Gasteiger charge is 2.29. The summed E-state index contributed by atoms with van der Waals surface area (Å²) >= 11 is 0. The van der Waals surface area contributed by atoms with Gasteiger partial charge in [0.25, 0.3) is 0 Å². The molecule has 0 bridgehead atoms. The van der Waals surface area contributed by atoms with Crippen LogP contribution in [0.25, 0.3) is 0 Å². The van der Waals surface area contributed by atoms with Crippen LogP contribution < -0.4 is 0 Å². The van der Waals surface area contributed by atoms with Gasteiger partial charge in [0, 0.05) is 77.3 Å². The van der Waals surface area contributed by atoms with E-state index in [0.717, 1.165) is 90.1 Å². The number of rotatable bonds is 50. The van der Waals surface area contributed by atoms with E-state index < -0.39 is 24.4 Å². The van der Waals surface area contributed by atoms with Gasteiger partial charge in [0.2, 0.25) is 0 Å². The zero-order chi connectivity index (χ0) is 51.5. The Morgan fingerprint density at radius 3 is 0.957 bits per heavy atom. The molecule has 70 heavy (non-hydrogen) atoms. The molecule has 0 aromatic carbocycles. The molecule has 0 aromatic rings. The van der Waals surface area contributed by atoms with Crippen LogP contribution in [0, 0.1) is 0 Å². The van der Waals surface area contributed by atoms with Crippen molar-refractivity contribution in [3.63, 3.8) is 0 Å². The summed E-state index contributed by atoms with van der Waals surface area (Å²) in [6.45, 7) is 20.4. The number of esters is 2. The van der Waals surface area contributed by atoms with Gasteiger partial charge in [0.1, 0.15) is 13.2 Å². The number of unbranched alkanes of at least 4 members (excludes halogenated alkanes) is 20. The topological polar surface area (TPSA) is 146 Å². The second-order valence-corrected chi connectivity index (χ2v) is 21.7. The molecule has 4 N–H and O–H groups in total. The molecule has 0 aromatic heterocycles. The number of piperazine rings is 1. The van der Waals surface area contributed by atoms with Crippen molar-refractivity contribution in [2.45, 2.75) is 284 Å². The van der Waals surface area contributed by atoms with Crippen LogP contribution >= 0.6 is 0 Å². The lowest BCUT2D eigenvalue weighted by Gasteiger charge is -2.44. The number of hydrogen-bond acceptors (Lipinski definition) is 12. The number of carbonyl (C=O) groups is 2. The van der Waals surface area contributed by atoms with Gasteiger partial charge in [-0.3, -0.25) is 29.2 Å². The first-order valence-electron chi connectivity index (χ1n) is 29.9. The van der Waals surface area contributed by atoms with E-state index in [9.17, 15) is 30.0 Å². The fraction of sp³-hybridized carbons (Fsp3) is 0.966. The van der Waals surface area contributed by atoms with Gasteiger partial charge in [-0.2, -0.15) is 0 Å². The van der Waals surface area contributed by atoms with Crippen molar-refractivity contribution in [1.29, 1.82) is 0 Å². The molecule has 6 atom stereocenters. The molecule has 0 spiro atoms. The first-order valence-corrected chi connectivity index (χ1v) is 29.9. The van der Waals surface area contributed by atoms with Gasteiger partial charge < -0.3 is 29.9 Å². The number of aliphatic hydroxyl groups is 4. The summed E-state index contributed by atoms with van der Waals surface area (Å²) in [6, 6.07) is 0.534. The van der Waals surface area contributed by atoms with Gasteiger partial charge >= 0.3 is 11.9 Å². The van der Waals surface area contributed by atoms with Gasteiger partial charge in [0.05, 0.1) is 24.4 Å².